The molecule has 1 atom stereocenters. The van der Waals surface area contributed by atoms with E-state index in [1.807, 2.05) is 19.1 Å². The SMILES string of the molecule is COc1ccc(C)cc1NC(=O)C[C@H]1Cn2nc(C)nc2NC1=O. The van der Waals surface area contributed by atoms with Crippen LogP contribution in [0.5, 0.6) is 5.75 Å². The van der Waals surface area contributed by atoms with E-state index >= 15 is 0 Å². The van der Waals surface area contributed by atoms with Gasteiger partial charge in [0, 0.05) is 6.42 Å². The summed E-state index contributed by atoms with van der Waals surface area (Å²) in [6, 6.07) is 5.52. The number of carbonyl (C=O) groups is 2. The van der Waals surface area contributed by atoms with Crippen LogP contribution in [0, 0.1) is 19.8 Å². The Balaban J connectivity index is 1.69. The Morgan fingerprint density at radius 1 is 1.46 bits per heavy atom. The number of carbonyl (C=O) groups excluding carboxylic acids is 2. The molecule has 0 unspecified atom stereocenters. The fraction of sp³-hybridized carbons (Fsp3) is 0.375. The van der Waals surface area contributed by atoms with Crippen LogP contribution in [0.1, 0.15) is 17.8 Å². The zero-order valence-corrected chi connectivity index (χ0v) is 13.8. The van der Waals surface area contributed by atoms with Crippen LogP contribution in [0.25, 0.3) is 0 Å². The van der Waals surface area contributed by atoms with Gasteiger partial charge >= 0.3 is 0 Å². The van der Waals surface area contributed by atoms with Gasteiger partial charge < -0.3 is 10.1 Å². The lowest BCUT2D eigenvalue weighted by Gasteiger charge is -2.22. The fourth-order valence-corrected chi connectivity index (χ4v) is 2.68. The molecule has 1 aliphatic heterocycles. The number of anilines is 2. The van der Waals surface area contributed by atoms with Crippen molar-refractivity contribution in [1.82, 2.24) is 14.8 Å². The van der Waals surface area contributed by atoms with E-state index in [2.05, 4.69) is 20.7 Å². The highest BCUT2D eigenvalue weighted by molar-refractivity contribution is 5.98. The molecule has 8 nitrogen and oxygen atoms in total. The second-order valence-corrected chi connectivity index (χ2v) is 5.81. The van der Waals surface area contributed by atoms with Crippen molar-refractivity contribution in [2.45, 2.75) is 26.8 Å². The molecule has 2 heterocycles. The summed E-state index contributed by atoms with van der Waals surface area (Å²) in [5.74, 6) is 0.626. The highest BCUT2D eigenvalue weighted by Gasteiger charge is 2.30. The Kier molecular flexibility index (Phi) is 4.20. The second-order valence-electron chi connectivity index (χ2n) is 5.81. The average Bonchev–Trinajstić information content (AvgIpc) is 2.87. The van der Waals surface area contributed by atoms with Crippen molar-refractivity contribution in [1.29, 1.82) is 0 Å². The van der Waals surface area contributed by atoms with Crippen LogP contribution >= 0.6 is 0 Å². The van der Waals surface area contributed by atoms with E-state index in [1.54, 1.807) is 24.8 Å². The van der Waals surface area contributed by atoms with Crippen LogP contribution in [0.3, 0.4) is 0 Å². The molecular formula is C16H19N5O3. The van der Waals surface area contributed by atoms with Gasteiger partial charge in [-0.2, -0.15) is 10.1 Å². The molecule has 0 spiro atoms. The third-order valence-electron chi connectivity index (χ3n) is 3.84. The number of benzene rings is 1. The maximum atomic E-state index is 12.3. The lowest BCUT2D eigenvalue weighted by atomic mass is 10.0. The summed E-state index contributed by atoms with van der Waals surface area (Å²) >= 11 is 0. The zero-order chi connectivity index (χ0) is 17.3. The van der Waals surface area contributed by atoms with Crippen LogP contribution in [0.4, 0.5) is 11.6 Å². The maximum Gasteiger partial charge on any atom is 0.232 e. The van der Waals surface area contributed by atoms with Crippen molar-refractivity contribution in [3.8, 4) is 5.75 Å². The molecule has 2 N–H and O–H groups in total. The minimum Gasteiger partial charge on any atom is -0.495 e. The highest BCUT2D eigenvalue weighted by Crippen LogP contribution is 2.26. The zero-order valence-electron chi connectivity index (χ0n) is 13.8. The molecule has 0 saturated heterocycles. The Hall–Kier alpha value is -2.90. The number of ether oxygens (including phenoxy) is 1. The number of nitrogens with one attached hydrogen (secondary N) is 2. The largest absolute Gasteiger partial charge is 0.495 e. The van der Waals surface area contributed by atoms with Crippen molar-refractivity contribution < 1.29 is 14.3 Å². The number of aromatic nitrogens is 3. The van der Waals surface area contributed by atoms with Gasteiger partial charge in [0.05, 0.1) is 25.3 Å². The molecule has 0 radical (unpaired) electrons. The van der Waals surface area contributed by atoms with Crippen molar-refractivity contribution in [2.24, 2.45) is 5.92 Å². The first-order valence-electron chi connectivity index (χ1n) is 7.63. The van der Waals surface area contributed by atoms with Gasteiger partial charge in [0.15, 0.2) is 0 Å². The van der Waals surface area contributed by atoms with Crippen LogP contribution in [0.15, 0.2) is 18.2 Å². The summed E-state index contributed by atoms with van der Waals surface area (Å²) in [5, 5.41) is 9.69. The summed E-state index contributed by atoms with van der Waals surface area (Å²) in [4.78, 5) is 28.6. The van der Waals surface area contributed by atoms with Gasteiger partial charge in [-0.3, -0.25) is 14.9 Å². The molecule has 1 aromatic carbocycles. The molecule has 3 rings (SSSR count). The molecule has 0 saturated carbocycles. The van der Waals surface area contributed by atoms with Gasteiger partial charge in [-0.25, -0.2) is 4.68 Å². The number of rotatable bonds is 4. The summed E-state index contributed by atoms with van der Waals surface area (Å²) in [6.45, 7) is 4.02. The van der Waals surface area contributed by atoms with Crippen molar-refractivity contribution in [3.05, 3.63) is 29.6 Å². The van der Waals surface area contributed by atoms with E-state index in [4.69, 9.17) is 4.74 Å². The molecule has 8 heteroatoms. The summed E-state index contributed by atoms with van der Waals surface area (Å²) in [7, 11) is 1.55. The highest BCUT2D eigenvalue weighted by atomic mass is 16.5. The molecular weight excluding hydrogens is 310 g/mol. The number of fused-ring (bicyclic) bond motifs is 1. The van der Waals surface area contributed by atoms with Gasteiger partial charge in [-0.15, -0.1) is 0 Å². The van der Waals surface area contributed by atoms with Crippen LogP contribution < -0.4 is 15.4 Å². The monoisotopic (exact) mass is 329 g/mol. The van der Waals surface area contributed by atoms with Crippen molar-refractivity contribution >= 4 is 23.5 Å². The van der Waals surface area contributed by atoms with Crippen molar-refractivity contribution in [3.63, 3.8) is 0 Å². The number of aryl methyl sites for hydroxylation is 2. The number of hydrogen-bond acceptors (Lipinski definition) is 5. The van der Waals surface area contributed by atoms with Crippen molar-refractivity contribution in [2.75, 3.05) is 17.7 Å². The average molecular weight is 329 g/mol. The molecule has 0 fully saturated rings. The van der Waals surface area contributed by atoms with Gasteiger partial charge in [0.1, 0.15) is 11.6 Å². The quantitative estimate of drug-likeness (QED) is 0.886. The second kappa shape index (κ2) is 6.31. The normalized spacial score (nSPS) is 16.3. The Bertz CT molecular complexity index is 799. The lowest BCUT2D eigenvalue weighted by Crippen LogP contribution is -2.36. The van der Waals surface area contributed by atoms with E-state index in [-0.39, 0.29) is 18.2 Å². The molecule has 1 aromatic heterocycles. The molecule has 126 valence electrons. The Morgan fingerprint density at radius 3 is 3.00 bits per heavy atom. The van der Waals surface area contributed by atoms with Crippen LogP contribution in [0.2, 0.25) is 0 Å². The molecule has 0 aliphatic carbocycles. The molecule has 2 amide bonds. The maximum absolute atomic E-state index is 12.3. The number of nitrogens with zero attached hydrogens (tertiary/aromatic N) is 3. The minimum atomic E-state index is -0.491. The standard InChI is InChI=1S/C16H19N5O3/c1-9-4-5-13(24-3)12(6-9)18-14(22)7-11-8-21-16(19-15(11)23)17-10(2)20-21/h4-6,11H,7-8H2,1-3H3,(H,18,22)(H,17,19,20,23)/t11-/m0/s1. The fourth-order valence-electron chi connectivity index (χ4n) is 2.68. The topological polar surface area (TPSA) is 98.1 Å². The summed E-state index contributed by atoms with van der Waals surface area (Å²) in [5.41, 5.74) is 1.60. The van der Waals surface area contributed by atoms with E-state index in [0.29, 0.717) is 29.8 Å². The van der Waals surface area contributed by atoms with Gasteiger partial charge in [-0.1, -0.05) is 6.07 Å². The number of methoxy groups -OCH3 is 1. The number of amides is 2. The van der Waals surface area contributed by atoms with Gasteiger partial charge in [0.2, 0.25) is 17.8 Å². The Morgan fingerprint density at radius 2 is 2.25 bits per heavy atom. The van der Waals surface area contributed by atoms with E-state index in [9.17, 15) is 9.59 Å². The first-order valence-corrected chi connectivity index (χ1v) is 7.63. The van der Waals surface area contributed by atoms with Gasteiger partial charge in [-0.05, 0) is 31.5 Å². The third-order valence-corrected chi connectivity index (χ3v) is 3.84. The van der Waals surface area contributed by atoms with Gasteiger partial charge in [0.25, 0.3) is 0 Å². The molecule has 1 aliphatic rings. The Labute approximate surface area is 139 Å². The predicted molar refractivity (Wildman–Crippen MR) is 87.9 cm³/mol. The summed E-state index contributed by atoms with van der Waals surface area (Å²) < 4.78 is 6.86. The number of hydrogen-bond donors (Lipinski definition) is 2. The first-order chi connectivity index (χ1) is 11.5. The van der Waals surface area contributed by atoms with Crippen LogP contribution in [-0.2, 0) is 16.1 Å². The molecule has 0 bridgehead atoms. The smallest absolute Gasteiger partial charge is 0.232 e. The molecule has 24 heavy (non-hydrogen) atoms. The van der Waals surface area contributed by atoms with E-state index in [1.165, 1.54) is 0 Å². The molecule has 2 aromatic rings. The van der Waals surface area contributed by atoms with E-state index < -0.39 is 5.92 Å². The minimum absolute atomic E-state index is 0.0568. The van der Waals surface area contributed by atoms with Crippen LogP contribution in [-0.4, -0.2) is 33.7 Å². The summed E-state index contributed by atoms with van der Waals surface area (Å²) in [6.07, 6.45) is 0.0568. The third kappa shape index (κ3) is 3.22. The lowest BCUT2D eigenvalue weighted by molar-refractivity contribution is -0.126. The predicted octanol–water partition coefficient (Wildman–Crippen LogP) is 1.50. The first kappa shape index (κ1) is 16.0. The van der Waals surface area contributed by atoms with E-state index in [0.717, 1.165) is 5.56 Å².